The van der Waals surface area contributed by atoms with Gasteiger partial charge in [-0.05, 0) is 6.92 Å². The fraction of sp³-hybridized carbons (Fsp3) is 0.833. The van der Waals surface area contributed by atoms with E-state index in [2.05, 4.69) is 5.53 Å². The van der Waals surface area contributed by atoms with Gasteiger partial charge in [0, 0.05) is 6.54 Å². The van der Waals surface area contributed by atoms with Crippen LogP contribution in [0.25, 0.3) is 0 Å². The Morgan fingerprint density at radius 2 is 2.55 bits per heavy atom. The van der Waals surface area contributed by atoms with Crippen LogP contribution < -0.4 is 11.4 Å². The van der Waals surface area contributed by atoms with E-state index in [1.165, 1.54) is 6.92 Å². The summed E-state index contributed by atoms with van der Waals surface area (Å²) >= 11 is 0. The van der Waals surface area contributed by atoms with E-state index in [-0.39, 0.29) is 11.8 Å². The summed E-state index contributed by atoms with van der Waals surface area (Å²) < 4.78 is 5.12. The van der Waals surface area contributed by atoms with Gasteiger partial charge in [0.1, 0.15) is 6.04 Å². The number of morpholine rings is 1. The van der Waals surface area contributed by atoms with Gasteiger partial charge in [-0.15, -0.1) is 0 Å². The fourth-order valence-electron chi connectivity index (χ4n) is 1.10. The zero-order chi connectivity index (χ0) is 8.27. The first kappa shape index (κ1) is 8.61. The summed E-state index contributed by atoms with van der Waals surface area (Å²) in [4.78, 5) is 11.0. The predicted octanol–water partition coefficient (Wildman–Crippen LogP) is -1.35. The molecule has 0 aromatic heterocycles. The molecular formula is C6H13N3O2. The Bertz CT molecular complexity index is 151. The summed E-state index contributed by atoms with van der Waals surface area (Å²) in [6.07, 6.45) is 0. The van der Waals surface area contributed by atoms with Crippen molar-refractivity contribution >= 4 is 5.78 Å². The number of nitrogens with two attached hydrogens (primary N) is 1. The first-order valence-electron chi connectivity index (χ1n) is 3.57. The van der Waals surface area contributed by atoms with Gasteiger partial charge in [-0.3, -0.25) is 10.6 Å². The van der Waals surface area contributed by atoms with Gasteiger partial charge in [-0.25, -0.2) is 5.01 Å². The third-order valence-corrected chi connectivity index (χ3v) is 1.76. The summed E-state index contributed by atoms with van der Waals surface area (Å²) in [5.41, 5.74) is 2.47. The lowest BCUT2D eigenvalue weighted by Gasteiger charge is -2.32. The predicted molar refractivity (Wildman–Crippen MR) is 39.3 cm³/mol. The second-order valence-corrected chi connectivity index (χ2v) is 2.52. The molecule has 0 radical (unpaired) electrons. The van der Waals surface area contributed by atoms with Crippen LogP contribution in [0.4, 0.5) is 0 Å². The van der Waals surface area contributed by atoms with E-state index >= 15 is 0 Å². The van der Waals surface area contributed by atoms with Crippen molar-refractivity contribution in [3.05, 3.63) is 0 Å². The highest BCUT2D eigenvalue weighted by molar-refractivity contribution is 5.81. The summed E-state index contributed by atoms with van der Waals surface area (Å²) in [6, 6.07) is -0.228. The van der Waals surface area contributed by atoms with E-state index in [4.69, 9.17) is 10.6 Å². The number of carbonyl (C=O) groups excluding carboxylic acids is 1. The molecule has 1 unspecified atom stereocenters. The summed E-state index contributed by atoms with van der Waals surface area (Å²) in [5, 5.41) is 1.69. The average molecular weight is 159 g/mol. The van der Waals surface area contributed by atoms with Crippen LogP contribution in [-0.4, -0.2) is 36.6 Å². The van der Waals surface area contributed by atoms with Crippen LogP contribution in [0.3, 0.4) is 0 Å². The number of nitrogens with zero attached hydrogens (tertiary/aromatic N) is 1. The molecule has 64 valence electrons. The van der Waals surface area contributed by atoms with Crippen molar-refractivity contribution in [1.82, 2.24) is 10.5 Å². The van der Waals surface area contributed by atoms with Gasteiger partial charge in [0.15, 0.2) is 5.78 Å². The molecule has 5 nitrogen and oxygen atoms in total. The van der Waals surface area contributed by atoms with E-state index in [1.807, 2.05) is 0 Å². The van der Waals surface area contributed by atoms with E-state index in [9.17, 15) is 4.79 Å². The molecule has 0 amide bonds. The monoisotopic (exact) mass is 159 g/mol. The van der Waals surface area contributed by atoms with Gasteiger partial charge in [0.25, 0.3) is 0 Å². The molecule has 0 saturated carbocycles. The molecule has 1 heterocycles. The normalized spacial score (nSPS) is 26.9. The molecule has 0 aromatic rings. The van der Waals surface area contributed by atoms with Crippen molar-refractivity contribution in [2.45, 2.75) is 13.0 Å². The molecule has 0 aromatic carbocycles. The zero-order valence-corrected chi connectivity index (χ0v) is 6.54. The van der Waals surface area contributed by atoms with Crippen LogP contribution in [0.15, 0.2) is 0 Å². The van der Waals surface area contributed by atoms with Crippen LogP contribution in [0.1, 0.15) is 6.92 Å². The van der Waals surface area contributed by atoms with Crippen molar-refractivity contribution < 1.29 is 9.53 Å². The Hall–Kier alpha value is -0.490. The number of ether oxygens (including phenoxy) is 1. The van der Waals surface area contributed by atoms with Crippen molar-refractivity contribution in [1.29, 1.82) is 0 Å². The molecule has 0 aliphatic carbocycles. The second-order valence-electron chi connectivity index (χ2n) is 2.52. The topological polar surface area (TPSA) is 67.6 Å². The Labute approximate surface area is 65.4 Å². The summed E-state index contributed by atoms with van der Waals surface area (Å²) in [5.74, 6) is 5.27. The van der Waals surface area contributed by atoms with Gasteiger partial charge >= 0.3 is 0 Å². The third-order valence-electron chi connectivity index (χ3n) is 1.76. The molecular weight excluding hydrogens is 146 g/mol. The molecule has 1 aliphatic rings. The second kappa shape index (κ2) is 3.77. The summed E-state index contributed by atoms with van der Waals surface area (Å²) in [6.45, 7) is 3.23. The number of hydrogen-bond donors (Lipinski definition) is 2. The van der Waals surface area contributed by atoms with Crippen molar-refractivity contribution in [3.63, 3.8) is 0 Å². The Morgan fingerprint density at radius 3 is 3.00 bits per heavy atom. The number of hydrazine groups is 2. The SMILES string of the molecule is CC(=O)C1COCCN1NN. The average Bonchev–Trinajstić information content (AvgIpc) is 2.04. The third kappa shape index (κ3) is 1.97. The molecule has 0 spiro atoms. The standard InChI is InChI=1S/C6H13N3O2/c1-5(10)6-4-11-3-2-9(6)8-7/h6,8H,2-4,7H2,1H3. The number of nitrogens with one attached hydrogen (secondary N) is 1. The minimum Gasteiger partial charge on any atom is -0.378 e. The largest absolute Gasteiger partial charge is 0.378 e. The quantitative estimate of drug-likeness (QED) is 0.385. The van der Waals surface area contributed by atoms with Crippen molar-refractivity contribution in [2.24, 2.45) is 5.84 Å². The van der Waals surface area contributed by atoms with E-state index in [0.717, 1.165) is 0 Å². The Morgan fingerprint density at radius 1 is 1.82 bits per heavy atom. The molecule has 11 heavy (non-hydrogen) atoms. The number of Topliss-reactive ketones (excluding diaryl/α,β-unsaturated/α-hetero) is 1. The van der Waals surface area contributed by atoms with Gasteiger partial charge in [0.2, 0.25) is 0 Å². The van der Waals surface area contributed by atoms with Gasteiger partial charge in [0.05, 0.1) is 13.2 Å². The molecule has 3 N–H and O–H groups in total. The lowest BCUT2D eigenvalue weighted by atomic mass is 10.2. The minimum absolute atomic E-state index is 0.0719. The Balaban J connectivity index is 2.51. The first-order valence-corrected chi connectivity index (χ1v) is 3.57. The summed E-state index contributed by atoms with van der Waals surface area (Å²) in [7, 11) is 0. The van der Waals surface area contributed by atoms with E-state index in [1.54, 1.807) is 5.01 Å². The van der Waals surface area contributed by atoms with Crippen LogP contribution in [0.5, 0.6) is 0 Å². The smallest absolute Gasteiger partial charge is 0.150 e. The molecule has 1 saturated heterocycles. The number of ketones is 1. The van der Waals surface area contributed by atoms with E-state index < -0.39 is 0 Å². The van der Waals surface area contributed by atoms with Crippen molar-refractivity contribution in [2.75, 3.05) is 19.8 Å². The van der Waals surface area contributed by atoms with Crippen LogP contribution in [0, 0.1) is 0 Å². The minimum atomic E-state index is -0.228. The molecule has 1 rings (SSSR count). The maximum absolute atomic E-state index is 11.0. The Kier molecular flexibility index (Phi) is 2.95. The van der Waals surface area contributed by atoms with E-state index in [0.29, 0.717) is 19.8 Å². The van der Waals surface area contributed by atoms with Crippen LogP contribution in [0.2, 0.25) is 0 Å². The van der Waals surface area contributed by atoms with Crippen molar-refractivity contribution in [3.8, 4) is 0 Å². The maximum atomic E-state index is 11.0. The highest BCUT2D eigenvalue weighted by atomic mass is 16.5. The fourth-order valence-corrected chi connectivity index (χ4v) is 1.10. The van der Waals surface area contributed by atoms with Crippen LogP contribution >= 0.6 is 0 Å². The molecule has 0 bridgehead atoms. The maximum Gasteiger partial charge on any atom is 0.150 e. The molecule has 1 fully saturated rings. The number of carbonyl (C=O) groups is 1. The molecule has 5 heteroatoms. The molecule has 1 atom stereocenters. The molecule has 1 aliphatic heterocycles. The van der Waals surface area contributed by atoms with Crippen LogP contribution in [-0.2, 0) is 9.53 Å². The highest BCUT2D eigenvalue weighted by Gasteiger charge is 2.25. The lowest BCUT2D eigenvalue weighted by molar-refractivity contribution is -0.131. The number of rotatable bonds is 2. The number of hydrogen-bond acceptors (Lipinski definition) is 5. The van der Waals surface area contributed by atoms with Gasteiger partial charge in [-0.2, -0.15) is 5.53 Å². The highest BCUT2D eigenvalue weighted by Crippen LogP contribution is 2.03. The van der Waals surface area contributed by atoms with Gasteiger partial charge in [-0.1, -0.05) is 0 Å². The lowest BCUT2D eigenvalue weighted by Crippen LogP contribution is -2.57. The first-order chi connectivity index (χ1) is 5.25. The zero-order valence-electron chi connectivity index (χ0n) is 6.54. The van der Waals surface area contributed by atoms with Gasteiger partial charge < -0.3 is 4.74 Å².